The normalized spacial score (nSPS) is 13.5. The number of nitro groups is 1. The lowest BCUT2D eigenvalue weighted by molar-refractivity contribution is -0.384. The van der Waals surface area contributed by atoms with E-state index < -0.39 is 16.6 Å². The molecular weight excluding hydrogens is 415 g/mol. The Hall–Kier alpha value is -4.08. The van der Waals surface area contributed by atoms with Gasteiger partial charge in [-0.1, -0.05) is 6.42 Å². The number of amides is 1. The number of benzene rings is 2. The van der Waals surface area contributed by atoms with E-state index in [4.69, 9.17) is 0 Å². The molecule has 0 aliphatic carbocycles. The van der Waals surface area contributed by atoms with Crippen LogP contribution in [0.1, 0.15) is 35.4 Å². The van der Waals surface area contributed by atoms with Gasteiger partial charge in [-0.2, -0.15) is 0 Å². The second-order valence-corrected chi connectivity index (χ2v) is 7.74. The highest BCUT2D eigenvalue weighted by Crippen LogP contribution is 2.29. The van der Waals surface area contributed by atoms with Crippen LogP contribution in [-0.2, 0) is 13.0 Å². The first-order chi connectivity index (χ1) is 15.5. The van der Waals surface area contributed by atoms with Crippen molar-refractivity contribution in [3.8, 4) is 11.4 Å². The van der Waals surface area contributed by atoms with Gasteiger partial charge in [0.2, 0.25) is 0 Å². The molecule has 0 unspecified atom stereocenters. The van der Waals surface area contributed by atoms with Crippen molar-refractivity contribution in [2.24, 2.45) is 0 Å². The van der Waals surface area contributed by atoms with Crippen LogP contribution in [0.15, 0.2) is 42.6 Å². The number of aryl methyl sites for hydroxylation is 1. The number of fused-ring (bicyclic) bond motifs is 2. The van der Waals surface area contributed by atoms with Gasteiger partial charge in [-0.3, -0.25) is 14.9 Å². The number of nitrogens with one attached hydrogen (secondary N) is 2. The van der Waals surface area contributed by atoms with Crippen molar-refractivity contribution >= 4 is 28.2 Å². The molecule has 9 nitrogen and oxygen atoms in total. The van der Waals surface area contributed by atoms with E-state index >= 15 is 0 Å². The van der Waals surface area contributed by atoms with Crippen molar-refractivity contribution in [1.82, 2.24) is 19.7 Å². The molecule has 10 heteroatoms. The van der Waals surface area contributed by atoms with Crippen LogP contribution in [-0.4, -0.2) is 30.6 Å². The third-order valence-corrected chi connectivity index (χ3v) is 5.70. The molecule has 4 aromatic rings. The lowest BCUT2D eigenvalue weighted by atomic mass is 10.1. The summed E-state index contributed by atoms with van der Waals surface area (Å²) in [5.74, 6) is 0.365. The summed E-state index contributed by atoms with van der Waals surface area (Å²) in [5.41, 5.74) is 1.40. The Kier molecular flexibility index (Phi) is 4.89. The summed E-state index contributed by atoms with van der Waals surface area (Å²) in [4.78, 5) is 26.4. The summed E-state index contributed by atoms with van der Waals surface area (Å²) in [6.07, 6.45) is 5.39. The zero-order valence-electron chi connectivity index (χ0n) is 17.0. The average molecular weight is 434 g/mol. The van der Waals surface area contributed by atoms with E-state index in [2.05, 4.69) is 20.5 Å². The molecule has 0 atom stereocenters. The van der Waals surface area contributed by atoms with Crippen molar-refractivity contribution in [3.05, 3.63) is 69.9 Å². The molecular formula is C22H19FN6O3. The van der Waals surface area contributed by atoms with Crippen molar-refractivity contribution in [3.63, 3.8) is 0 Å². The van der Waals surface area contributed by atoms with Crippen LogP contribution in [0.3, 0.4) is 0 Å². The minimum Gasteiger partial charge on any atom is -0.360 e. The van der Waals surface area contributed by atoms with E-state index in [-0.39, 0.29) is 16.8 Å². The highest BCUT2D eigenvalue weighted by molar-refractivity contribution is 6.13. The molecule has 3 heterocycles. The van der Waals surface area contributed by atoms with Crippen molar-refractivity contribution in [2.75, 3.05) is 5.32 Å². The van der Waals surface area contributed by atoms with Gasteiger partial charge < -0.3 is 14.9 Å². The number of H-pyrrole nitrogens is 1. The van der Waals surface area contributed by atoms with Crippen LogP contribution in [0.4, 0.5) is 15.8 Å². The number of rotatable bonds is 4. The molecule has 162 valence electrons. The molecule has 1 aliphatic heterocycles. The van der Waals surface area contributed by atoms with Crippen LogP contribution < -0.4 is 5.32 Å². The highest BCUT2D eigenvalue weighted by Gasteiger charge is 2.20. The van der Waals surface area contributed by atoms with Crippen molar-refractivity contribution in [1.29, 1.82) is 0 Å². The number of non-ortho nitro benzene ring substituents is 1. The number of carbonyl (C=O) groups excluding carboxylic acids is 1. The Morgan fingerprint density at radius 2 is 2.03 bits per heavy atom. The second-order valence-electron chi connectivity index (χ2n) is 7.74. The zero-order valence-corrected chi connectivity index (χ0v) is 17.0. The maximum absolute atomic E-state index is 14.7. The molecule has 0 saturated heterocycles. The van der Waals surface area contributed by atoms with Gasteiger partial charge in [0.1, 0.15) is 11.6 Å². The molecule has 0 radical (unpaired) electrons. The van der Waals surface area contributed by atoms with E-state index in [0.717, 1.165) is 38.1 Å². The van der Waals surface area contributed by atoms with E-state index in [1.807, 2.05) is 4.57 Å². The molecule has 2 N–H and O–H groups in total. The SMILES string of the molecule is O=C(Nc1ccc(F)c(-c2nnc3n2CCCCC3)c1)c1c[nH]c2ccc([N+](=O)[O-])cc12. The Morgan fingerprint density at radius 3 is 2.88 bits per heavy atom. The highest BCUT2D eigenvalue weighted by atomic mass is 19.1. The molecule has 0 saturated carbocycles. The Balaban J connectivity index is 1.47. The summed E-state index contributed by atoms with van der Waals surface area (Å²) in [6, 6.07) is 8.55. The number of nitro benzene ring substituents is 1. The molecule has 2 aromatic carbocycles. The number of anilines is 1. The standard InChI is InChI=1S/C22H19FN6O3/c23-18-7-5-13(10-16(18)21-27-26-20-4-2-1-3-9-28(20)21)25-22(30)17-12-24-19-8-6-14(29(31)32)11-15(17)19/h5-8,10-12,24H,1-4,9H2,(H,25,30). The molecule has 1 amide bonds. The van der Waals surface area contributed by atoms with Gasteiger partial charge in [0.25, 0.3) is 11.6 Å². The summed E-state index contributed by atoms with van der Waals surface area (Å²) in [6.45, 7) is 0.724. The van der Waals surface area contributed by atoms with Gasteiger partial charge in [0.05, 0.1) is 16.1 Å². The van der Waals surface area contributed by atoms with E-state index in [1.165, 1.54) is 36.5 Å². The molecule has 0 spiro atoms. The van der Waals surface area contributed by atoms with Crippen molar-refractivity contribution < 1.29 is 14.1 Å². The predicted octanol–water partition coefficient (Wildman–Crippen LogP) is 4.45. The van der Waals surface area contributed by atoms with Gasteiger partial charge in [0, 0.05) is 47.9 Å². The van der Waals surface area contributed by atoms with Crippen molar-refractivity contribution in [2.45, 2.75) is 32.2 Å². The number of aromatic nitrogens is 4. The zero-order chi connectivity index (χ0) is 22.2. The number of hydrogen-bond acceptors (Lipinski definition) is 5. The summed E-state index contributed by atoms with van der Waals surface area (Å²) < 4.78 is 16.6. The van der Waals surface area contributed by atoms with Crippen LogP contribution in [0, 0.1) is 15.9 Å². The maximum Gasteiger partial charge on any atom is 0.270 e. The largest absolute Gasteiger partial charge is 0.360 e. The smallest absolute Gasteiger partial charge is 0.270 e. The summed E-state index contributed by atoms with van der Waals surface area (Å²) >= 11 is 0. The van der Waals surface area contributed by atoms with Crippen LogP contribution >= 0.6 is 0 Å². The van der Waals surface area contributed by atoms with Gasteiger partial charge in [-0.15, -0.1) is 10.2 Å². The number of nitrogens with zero attached hydrogens (tertiary/aromatic N) is 4. The lowest BCUT2D eigenvalue weighted by Gasteiger charge is -2.10. The Morgan fingerprint density at radius 1 is 1.16 bits per heavy atom. The van der Waals surface area contributed by atoms with Gasteiger partial charge in [0.15, 0.2) is 5.82 Å². The quantitative estimate of drug-likeness (QED) is 0.363. The van der Waals surface area contributed by atoms with Crippen LogP contribution in [0.5, 0.6) is 0 Å². The fourth-order valence-electron chi connectivity index (χ4n) is 4.07. The van der Waals surface area contributed by atoms with E-state index in [0.29, 0.717) is 22.4 Å². The molecule has 1 aliphatic rings. The number of aromatic amines is 1. The Bertz CT molecular complexity index is 1360. The van der Waals surface area contributed by atoms with Crippen LogP contribution in [0.2, 0.25) is 0 Å². The summed E-state index contributed by atoms with van der Waals surface area (Å²) in [7, 11) is 0. The number of carbonyl (C=O) groups is 1. The first-order valence-electron chi connectivity index (χ1n) is 10.3. The van der Waals surface area contributed by atoms with Gasteiger partial charge in [-0.25, -0.2) is 4.39 Å². The minimum atomic E-state index is -0.512. The fraction of sp³-hybridized carbons (Fsp3) is 0.227. The second kappa shape index (κ2) is 7.88. The van der Waals surface area contributed by atoms with E-state index in [1.54, 1.807) is 6.07 Å². The van der Waals surface area contributed by atoms with E-state index in [9.17, 15) is 19.3 Å². The third kappa shape index (κ3) is 3.49. The predicted molar refractivity (Wildman–Crippen MR) is 116 cm³/mol. The number of hydrogen-bond donors (Lipinski definition) is 2. The average Bonchev–Trinajstić information content (AvgIpc) is 3.31. The molecule has 32 heavy (non-hydrogen) atoms. The summed E-state index contributed by atoms with van der Waals surface area (Å²) in [5, 5.41) is 22.7. The first kappa shape index (κ1) is 19.9. The molecule has 0 fully saturated rings. The monoisotopic (exact) mass is 434 g/mol. The Labute approximate surface area is 181 Å². The van der Waals surface area contributed by atoms with Gasteiger partial charge in [-0.05, 0) is 37.1 Å². The van der Waals surface area contributed by atoms with Crippen LogP contribution in [0.25, 0.3) is 22.3 Å². The number of halogens is 1. The van der Waals surface area contributed by atoms with Gasteiger partial charge >= 0.3 is 0 Å². The first-order valence-corrected chi connectivity index (χ1v) is 10.3. The molecule has 2 aromatic heterocycles. The fourth-order valence-corrected chi connectivity index (χ4v) is 4.07. The molecule has 0 bridgehead atoms. The third-order valence-electron chi connectivity index (χ3n) is 5.70. The lowest BCUT2D eigenvalue weighted by Crippen LogP contribution is -2.12. The topological polar surface area (TPSA) is 119 Å². The minimum absolute atomic E-state index is 0.109. The maximum atomic E-state index is 14.7. The molecule has 5 rings (SSSR count).